The Bertz CT molecular complexity index is 1240. The molecular formula is C25H25FN6O. The van der Waals surface area contributed by atoms with E-state index in [-0.39, 0.29) is 5.82 Å². The third-order valence-corrected chi connectivity index (χ3v) is 5.98. The van der Waals surface area contributed by atoms with Gasteiger partial charge in [0.1, 0.15) is 11.6 Å². The molecule has 1 aliphatic heterocycles. The Kier molecular flexibility index (Phi) is 5.99. The van der Waals surface area contributed by atoms with Crippen molar-refractivity contribution in [2.24, 2.45) is 0 Å². The maximum absolute atomic E-state index is 14.9. The van der Waals surface area contributed by atoms with Gasteiger partial charge in [-0.2, -0.15) is 4.68 Å². The molecule has 3 aromatic carbocycles. The average molecular weight is 445 g/mol. The number of aromatic nitrogens is 4. The number of tetrazole rings is 1. The molecule has 5 rings (SSSR count). The third-order valence-electron chi connectivity index (χ3n) is 5.98. The number of anilines is 1. The van der Waals surface area contributed by atoms with Crippen molar-refractivity contribution in [3.63, 3.8) is 0 Å². The summed E-state index contributed by atoms with van der Waals surface area (Å²) in [7, 11) is 1.61. The lowest BCUT2D eigenvalue weighted by atomic mass is 10.1. The monoisotopic (exact) mass is 444 g/mol. The van der Waals surface area contributed by atoms with Gasteiger partial charge in [0, 0.05) is 37.0 Å². The molecule has 0 bridgehead atoms. The van der Waals surface area contributed by atoms with Crippen LogP contribution < -0.4 is 15.0 Å². The van der Waals surface area contributed by atoms with Gasteiger partial charge in [0.2, 0.25) is 0 Å². The largest absolute Gasteiger partial charge is 0.497 e. The fraction of sp³-hybridized carbons (Fsp3) is 0.240. The maximum Gasteiger partial charge on any atom is 0.178 e. The van der Waals surface area contributed by atoms with Crippen LogP contribution >= 0.6 is 0 Å². The predicted octanol–water partition coefficient (Wildman–Crippen LogP) is 3.55. The minimum atomic E-state index is -0.523. The minimum Gasteiger partial charge on any atom is -0.497 e. The lowest BCUT2D eigenvalue weighted by Crippen LogP contribution is -2.34. The number of halogens is 1. The Morgan fingerprint density at radius 3 is 2.79 bits per heavy atom. The maximum atomic E-state index is 14.9. The number of nitrogens with zero attached hydrogens (tertiary/aromatic N) is 5. The molecule has 1 aliphatic rings. The van der Waals surface area contributed by atoms with Crippen LogP contribution in [-0.2, 0) is 6.42 Å². The van der Waals surface area contributed by atoms with E-state index in [1.165, 1.54) is 17.3 Å². The van der Waals surface area contributed by atoms with E-state index >= 15 is 0 Å². The van der Waals surface area contributed by atoms with Gasteiger partial charge in [-0.25, -0.2) is 4.39 Å². The van der Waals surface area contributed by atoms with E-state index in [0.717, 1.165) is 25.2 Å². The molecule has 7 nitrogen and oxygen atoms in total. The zero-order chi connectivity index (χ0) is 22.6. The number of benzene rings is 3. The second kappa shape index (κ2) is 9.38. The normalized spacial score (nSPS) is 13.7. The Hall–Kier alpha value is -3.78. The first-order valence-electron chi connectivity index (χ1n) is 11.0. The van der Waals surface area contributed by atoms with E-state index in [1.807, 2.05) is 30.3 Å². The number of rotatable bonds is 8. The molecule has 0 aliphatic carbocycles. The Morgan fingerprint density at radius 2 is 1.91 bits per heavy atom. The molecule has 0 radical (unpaired) electrons. The van der Waals surface area contributed by atoms with E-state index in [4.69, 9.17) is 4.74 Å². The summed E-state index contributed by atoms with van der Waals surface area (Å²) in [6.07, 6.45) is 1.04. The molecule has 168 valence electrons. The summed E-state index contributed by atoms with van der Waals surface area (Å²) < 4.78 is 21.8. The van der Waals surface area contributed by atoms with Crippen LogP contribution in [0, 0.1) is 5.82 Å². The van der Waals surface area contributed by atoms with Crippen molar-refractivity contribution in [2.75, 3.05) is 31.6 Å². The molecule has 8 heteroatoms. The van der Waals surface area contributed by atoms with Crippen molar-refractivity contribution in [2.45, 2.75) is 12.5 Å². The highest BCUT2D eigenvalue weighted by atomic mass is 19.1. The number of hydrogen-bond donors (Lipinski definition) is 1. The van der Waals surface area contributed by atoms with Crippen LogP contribution in [0.25, 0.3) is 5.69 Å². The Balaban J connectivity index is 1.42. The molecule has 0 spiro atoms. The number of para-hydroxylation sites is 1. The smallest absolute Gasteiger partial charge is 0.178 e. The molecule has 4 aromatic rings. The zero-order valence-electron chi connectivity index (χ0n) is 18.4. The van der Waals surface area contributed by atoms with Crippen molar-refractivity contribution in [3.05, 3.63) is 95.6 Å². The lowest BCUT2D eigenvalue weighted by molar-refractivity contribution is 0.414. The molecular weight excluding hydrogens is 419 g/mol. The summed E-state index contributed by atoms with van der Waals surface area (Å²) in [6, 6.07) is 22.1. The van der Waals surface area contributed by atoms with Gasteiger partial charge in [0.25, 0.3) is 0 Å². The first kappa shape index (κ1) is 21.1. The zero-order valence-corrected chi connectivity index (χ0v) is 18.4. The van der Waals surface area contributed by atoms with Crippen molar-refractivity contribution in [1.29, 1.82) is 0 Å². The molecule has 1 aromatic heterocycles. The molecule has 0 saturated carbocycles. The van der Waals surface area contributed by atoms with Gasteiger partial charge >= 0.3 is 0 Å². The van der Waals surface area contributed by atoms with E-state index < -0.39 is 6.04 Å². The van der Waals surface area contributed by atoms with Gasteiger partial charge in [-0.05, 0) is 46.7 Å². The second-order valence-electron chi connectivity index (χ2n) is 7.92. The molecule has 1 N–H and O–H groups in total. The summed E-state index contributed by atoms with van der Waals surface area (Å²) in [5, 5.41) is 15.8. The highest BCUT2D eigenvalue weighted by molar-refractivity contribution is 5.57. The predicted molar refractivity (Wildman–Crippen MR) is 124 cm³/mol. The van der Waals surface area contributed by atoms with Gasteiger partial charge in [-0.1, -0.05) is 42.5 Å². The average Bonchev–Trinajstić information content (AvgIpc) is 3.50. The van der Waals surface area contributed by atoms with E-state index in [0.29, 0.717) is 23.7 Å². The van der Waals surface area contributed by atoms with Gasteiger partial charge < -0.3 is 15.0 Å². The van der Waals surface area contributed by atoms with Gasteiger partial charge in [-0.15, -0.1) is 5.10 Å². The van der Waals surface area contributed by atoms with Crippen LogP contribution in [-0.4, -0.2) is 47.0 Å². The van der Waals surface area contributed by atoms with Crippen LogP contribution in [0.5, 0.6) is 5.75 Å². The molecule has 0 fully saturated rings. The van der Waals surface area contributed by atoms with Crippen molar-refractivity contribution in [3.8, 4) is 11.4 Å². The Morgan fingerprint density at radius 1 is 1.06 bits per heavy atom. The standard InChI is InChI=1S/C25H25FN6O/c1-33-20-9-6-8-19(17-20)32-25(28-29-30-32)24(21-10-3-4-11-22(21)26)27-14-16-31-15-13-18-7-2-5-12-23(18)31/h2-12,17,24,27H,13-16H2,1H3. The highest BCUT2D eigenvalue weighted by Gasteiger charge is 2.25. The molecule has 2 heterocycles. The van der Waals surface area contributed by atoms with Gasteiger partial charge in [0.05, 0.1) is 18.8 Å². The fourth-order valence-corrected chi connectivity index (χ4v) is 4.33. The van der Waals surface area contributed by atoms with Crippen molar-refractivity contribution in [1.82, 2.24) is 25.5 Å². The summed E-state index contributed by atoms with van der Waals surface area (Å²) in [5.41, 5.74) is 3.87. The molecule has 1 unspecified atom stereocenters. The second-order valence-corrected chi connectivity index (χ2v) is 7.92. The quantitative estimate of drug-likeness (QED) is 0.448. The van der Waals surface area contributed by atoms with E-state index in [1.54, 1.807) is 23.9 Å². The molecule has 33 heavy (non-hydrogen) atoms. The number of hydrogen-bond acceptors (Lipinski definition) is 6. The number of fused-ring (bicyclic) bond motifs is 1. The van der Waals surface area contributed by atoms with Crippen LogP contribution in [0.1, 0.15) is 23.0 Å². The number of nitrogens with one attached hydrogen (secondary N) is 1. The summed E-state index contributed by atoms with van der Waals surface area (Å²) in [5.74, 6) is 0.897. The van der Waals surface area contributed by atoms with Gasteiger partial charge in [-0.3, -0.25) is 0 Å². The summed E-state index contributed by atoms with van der Waals surface area (Å²) in [4.78, 5) is 2.35. The van der Waals surface area contributed by atoms with Gasteiger partial charge in [0.15, 0.2) is 5.82 Å². The van der Waals surface area contributed by atoms with Crippen LogP contribution in [0.3, 0.4) is 0 Å². The third kappa shape index (κ3) is 4.29. The van der Waals surface area contributed by atoms with E-state index in [2.05, 4.69) is 50.0 Å². The number of methoxy groups -OCH3 is 1. The SMILES string of the molecule is COc1cccc(-n2nnnc2C(NCCN2CCc3ccccc32)c2ccccc2F)c1. The Labute approximate surface area is 191 Å². The van der Waals surface area contributed by atoms with Crippen LogP contribution in [0.15, 0.2) is 72.8 Å². The highest BCUT2D eigenvalue weighted by Crippen LogP contribution is 2.28. The topological polar surface area (TPSA) is 68.1 Å². The molecule has 0 saturated heterocycles. The van der Waals surface area contributed by atoms with Crippen molar-refractivity contribution < 1.29 is 9.13 Å². The van der Waals surface area contributed by atoms with Crippen molar-refractivity contribution >= 4 is 5.69 Å². The van der Waals surface area contributed by atoms with E-state index in [9.17, 15) is 4.39 Å². The van der Waals surface area contributed by atoms with Crippen LogP contribution in [0.2, 0.25) is 0 Å². The fourth-order valence-electron chi connectivity index (χ4n) is 4.33. The lowest BCUT2D eigenvalue weighted by Gasteiger charge is -2.23. The summed E-state index contributed by atoms with van der Waals surface area (Å²) in [6.45, 7) is 2.41. The molecule has 0 amide bonds. The van der Waals surface area contributed by atoms with Crippen LogP contribution in [0.4, 0.5) is 10.1 Å². The number of ether oxygens (including phenoxy) is 1. The first-order chi connectivity index (χ1) is 16.2. The minimum absolute atomic E-state index is 0.304. The molecule has 1 atom stereocenters. The summed E-state index contributed by atoms with van der Waals surface area (Å²) >= 11 is 0. The first-order valence-corrected chi connectivity index (χ1v) is 11.0.